The van der Waals surface area contributed by atoms with Crippen molar-refractivity contribution in [2.75, 3.05) is 13.2 Å². The van der Waals surface area contributed by atoms with Gasteiger partial charge in [0, 0.05) is 12.8 Å². The third kappa shape index (κ3) is 2.82. The lowest BCUT2D eigenvalue weighted by atomic mass is 9.77. The number of nitrogens with zero attached hydrogens (tertiary/aromatic N) is 1. The number of carbonyl (C=O) groups is 3. The summed E-state index contributed by atoms with van der Waals surface area (Å²) in [5.41, 5.74) is -1.93. The van der Waals surface area contributed by atoms with Crippen molar-refractivity contribution in [2.24, 2.45) is 11.8 Å². The molecule has 0 radical (unpaired) electrons. The van der Waals surface area contributed by atoms with Gasteiger partial charge in [-0.1, -0.05) is 13.8 Å². The van der Waals surface area contributed by atoms with Crippen molar-refractivity contribution in [3.8, 4) is 0 Å². The molecule has 1 aliphatic heterocycles. The Hall–Kier alpha value is -1.63. The Kier molecular flexibility index (Phi) is 5.93. The first-order chi connectivity index (χ1) is 10.2. The minimum Gasteiger partial charge on any atom is -0.464 e. The van der Waals surface area contributed by atoms with Crippen LogP contribution < -0.4 is 0 Å². The molecule has 0 aliphatic carbocycles. The second-order valence-electron chi connectivity index (χ2n) is 5.66. The van der Waals surface area contributed by atoms with Crippen molar-refractivity contribution in [1.29, 1.82) is 0 Å². The summed E-state index contributed by atoms with van der Waals surface area (Å²) >= 11 is 0. The predicted octanol–water partition coefficient (Wildman–Crippen LogP) is 0.694. The summed E-state index contributed by atoms with van der Waals surface area (Å²) in [5, 5.41) is 10.2. The molecule has 0 bridgehead atoms. The summed E-state index contributed by atoms with van der Waals surface area (Å²) in [6, 6.07) is 0. The minimum atomic E-state index is -1.93. The Bertz CT molecular complexity index is 429. The summed E-state index contributed by atoms with van der Waals surface area (Å²) in [7, 11) is 0. The first-order valence-electron chi connectivity index (χ1n) is 7.57. The molecule has 126 valence electrons. The number of ether oxygens (including phenoxy) is 2. The zero-order valence-electron chi connectivity index (χ0n) is 13.8. The van der Waals surface area contributed by atoms with Crippen LogP contribution in [0.15, 0.2) is 0 Å². The monoisotopic (exact) mass is 315 g/mol. The molecule has 22 heavy (non-hydrogen) atoms. The molecule has 1 saturated heterocycles. The normalized spacial score (nSPS) is 23.5. The summed E-state index contributed by atoms with van der Waals surface area (Å²) < 4.78 is 10.1. The molecule has 1 unspecified atom stereocenters. The van der Waals surface area contributed by atoms with Gasteiger partial charge in [-0.2, -0.15) is 0 Å². The first-order valence-corrected chi connectivity index (χ1v) is 7.57. The summed E-state index contributed by atoms with van der Waals surface area (Å²) in [4.78, 5) is 38.2. The van der Waals surface area contributed by atoms with Crippen LogP contribution in [0.2, 0.25) is 0 Å². The average molecular weight is 315 g/mol. The van der Waals surface area contributed by atoms with E-state index >= 15 is 0 Å². The molecular weight excluding hydrogens is 290 g/mol. The number of hydrogen-bond acceptors (Lipinski definition) is 6. The van der Waals surface area contributed by atoms with Crippen LogP contribution in [0.4, 0.5) is 0 Å². The molecule has 0 aromatic heterocycles. The number of hydrogen-bond donors (Lipinski definition) is 1. The molecule has 0 spiro atoms. The maximum absolute atomic E-state index is 12.6. The molecule has 0 saturated carbocycles. The fraction of sp³-hybridized carbons (Fsp3) is 0.800. The lowest BCUT2D eigenvalue weighted by molar-refractivity contribution is -0.185. The maximum Gasteiger partial charge on any atom is 0.344 e. The second kappa shape index (κ2) is 7.09. The van der Waals surface area contributed by atoms with Crippen LogP contribution in [0.1, 0.15) is 41.0 Å². The zero-order chi connectivity index (χ0) is 17.1. The molecule has 1 rings (SSSR count). The van der Waals surface area contributed by atoms with E-state index in [1.54, 1.807) is 13.8 Å². The average Bonchev–Trinajstić information content (AvgIpc) is 2.74. The Labute approximate surface area is 130 Å². The lowest BCUT2D eigenvalue weighted by Crippen LogP contribution is -2.64. The van der Waals surface area contributed by atoms with Crippen molar-refractivity contribution < 1.29 is 29.0 Å². The third-order valence-electron chi connectivity index (χ3n) is 4.00. The van der Waals surface area contributed by atoms with Crippen LogP contribution in [0.3, 0.4) is 0 Å². The van der Waals surface area contributed by atoms with E-state index in [2.05, 4.69) is 0 Å². The van der Waals surface area contributed by atoms with Gasteiger partial charge in [-0.25, -0.2) is 9.59 Å². The Morgan fingerprint density at radius 2 is 1.64 bits per heavy atom. The van der Waals surface area contributed by atoms with E-state index in [9.17, 15) is 19.5 Å². The zero-order valence-corrected chi connectivity index (χ0v) is 13.8. The SMILES string of the molecule is CCOC(=O)C1(C(=O)OCC)[C@@H](C(C)C)CC(O)N1C(C)=O. The molecule has 1 fully saturated rings. The van der Waals surface area contributed by atoms with Crippen LogP contribution in [-0.2, 0) is 23.9 Å². The van der Waals surface area contributed by atoms with E-state index in [0.717, 1.165) is 4.90 Å². The van der Waals surface area contributed by atoms with Crippen molar-refractivity contribution in [2.45, 2.75) is 52.8 Å². The van der Waals surface area contributed by atoms with E-state index in [1.807, 2.05) is 13.8 Å². The molecule has 1 amide bonds. The molecule has 1 aliphatic rings. The Morgan fingerprint density at radius 3 is 1.95 bits per heavy atom. The second-order valence-corrected chi connectivity index (χ2v) is 5.66. The smallest absolute Gasteiger partial charge is 0.344 e. The molecule has 1 heterocycles. The van der Waals surface area contributed by atoms with Gasteiger partial charge in [-0.3, -0.25) is 9.69 Å². The highest BCUT2D eigenvalue weighted by atomic mass is 16.6. The van der Waals surface area contributed by atoms with Crippen LogP contribution in [-0.4, -0.2) is 52.8 Å². The lowest BCUT2D eigenvalue weighted by Gasteiger charge is -2.38. The van der Waals surface area contributed by atoms with E-state index < -0.39 is 35.5 Å². The number of esters is 2. The molecule has 2 atom stereocenters. The van der Waals surface area contributed by atoms with Gasteiger partial charge in [0.15, 0.2) is 0 Å². The van der Waals surface area contributed by atoms with E-state index in [-0.39, 0.29) is 25.6 Å². The molecule has 7 heteroatoms. The fourth-order valence-corrected chi connectivity index (χ4v) is 3.19. The van der Waals surface area contributed by atoms with Crippen molar-refractivity contribution in [3.05, 3.63) is 0 Å². The Balaban J connectivity index is 3.52. The van der Waals surface area contributed by atoms with E-state index in [1.165, 1.54) is 6.92 Å². The standard InChI is InChI=1S/C15H25NO6/c1-6-21-13(19)15(14(20)22-7-2)11(9(3)4)8-12(18)16(15)10(5)17/h9,11-12,18H,6-8H2,1-5H3/t11-,12?/m1/s1. The maximum atomic E-state index is 12.6. The van der Waals surface area contributed by atoms with Gasteiger partial charge in [0.05, 0.1) is 13.2 Å². The van der Waals surface area contributed by atoms with Crippen LogP contribution in [0, 0.1) is 11.8 Å². The number of likely N-dealkylation sites (tertiary alicyclic amines) is 1. The highest BCUT2D eigenvalue weighted by molar-refractivity contribution is 6.08. The number of aliphatic hydroxyl groups excluding tert-OH is 1. The Morgan fingerprint density at radius 1 is 1.18 bits per heavy atom. The van der Waals surface area contributed by atoms with E-state index in [0.29, 0.717) is 0 Å². The summed E-state index contributed by atoms with van der Waals surface area (Å²) in [6.07, 6.45) is -1.10. The van der Waals surface area contributed by atoms with Crippen LogP contribution in [0.5, 0.6) is 0 Å². The highest BCUT2D eigenvalue weighted by Crippen LogP contribution is 2.44. The van der Waals surface area contributed by atoms with Gasteiger partial charge in [0.25, 0.3) is 0 Å². The van der Waals surface area contributed by atoms with Crippen molar-refractivity contribution in [3.63, 3.8) is 0 Å². The number of rotatable bonds is 5. The van der Waals surface area contributed by atoms with Gasteiger partial charge < -0.3 is 14.6 Å². The van der Waals surface area contributed by atoms with Crippen LogP contribution >= 0.6 is 0 Å². The molecular formula is C15H25NO6. The minimum absolute atomic E-state index is 0.0621. The summed E-state index contributed by atoms with van der Waals surface area (Å²) in [6.45, 7) is 8.22. The van der Waals surface area contributed by atoms with Crippen molar-refractivity contribution in [1.82, 2.24) is 4.90 Å². The number of aliphatic hydroxyl groups is 1. The van der Waals surface area contributed by atoms with Gasteiger partial charge in [-0.05, 0) is 26.2 Å². The highest BCUT2D eigenvalue weighted by Gasteiger charge is 2.67. The first kappa shape index (κ1) is 18.4. The predicted molar refractivity (Wildman–Crippen MR) is 77.5 cm³/mol. The van der Waals surface area contributed by atoms with Gasteiger partial charge in [0.1, 0.15) is 6.23 Å². The fourth-order valence-electron chi connectivity index (χ4n) is 3.19. The van der Waals surface area contributed by atoms with Gasteiger partial charge >= 0.3 is 11.9 Å². The van der Waals surface area contributed by atoms with E-state index in [4.69, 9.17) is 9.47 Å². The van der Waals surface area contributed by atoms with Crippen molar-refractivity contribution >= 4 is 17.8 Å². The van der Waals surface area contributed by atoms with Gasteiger partial charge in [0.2, 0.25) is 11.4 Å². The molecule has 0 aromatic rings. The quantitative estimate of drug-likeness (QED) is 0.593. The van der Waals surface area contributed by atoms with Crippen LogP contribution in [0.25, 0.3) is 0 Å². The molecule has 0 aromatic carbocycles. The topological polar surface area (TPSA) is 93.1 Å². The number of amides is 1. The largest absolute Gasteiger partial charge is 0.464 e. The van der Waals surface area contributed by atoms with Gasteiger partial charge in [-0.15, -0.1) is 0 Å². The molecule has 1 N–H and O–H groups in total. The summed E-state index contributed by atoms with van der Waals surface area (Å²) in [5.74, 6) is -2.98. The number of carbonyl (C=O) groups excluding carboxylic acids is 3. The molecule has 7 nitrogen and oxygen atoms in total. The third-order valence-corrected chi connectivity index (χ3v) is 4.00.